The van der Waals surface area contributed by atoms with Gasteiger partial charge in [0, 0.05) is 26.6 Å². The average Bonchev–Trinajstić information content (AvgIpc) is 2.21. The maximum Gasteiger partial charge on any atom is 0.219 e. The quantitative estimate of drug-likeness (QED) is 0.708. The van der Waals surface area contributed by atoms with Gasteiger partial charge in [0.25, 0.3) is 0 Å². The van der Waals surface area contributed by atoms with E-state index in [1.54, 1.807) is 6.92 Å². The smallest absolute Gasteiger partial charge is 0.219 e. The van der Waals surface area contributed by atoms with Gasteiger partial charge in [-0.3, -0.25) is 9.69 Å². The first-order chi connectivity index (χ1) is 7.15. The molecule has 0 aromatic heterocycles. The molecular weight excluding hydrogens is 188 g/mol. The Morgan fingerprint density at radius 1 is 1.47 bits per heavy atom. The van der Waals surface area contributed by atoms with Crippen LogP contribution in [0.4, 0.5) is 0 Å². The second-order valence-corrected chi connectivity index (χ2v) is 4.59. The minimum absolute atomic E-state index is 0.178. The average molecular weight is 212 g/mol. The molecule has 88 valence electrons. The number of likely N-dealkylation sites (tertiary alicyclic amines) is 1. The summed E-state index contributed by atoms with van der Waals surface area (Å²) in [6.45, 7) is 7.16. The summed E-state index contributed by atoms with van der Waals surface area (Å²) in [7, 11) is 1.90. The highest BCUT2D eigenvalue weighted by Crippen LogP contribution is 2.17. The van der Waals surface area contributed by atoms with E-state index in [0.29, 0.717) is 6.04 Å². The van der Waals surface area contributed by atoms with Crippen molar-refractivity contribution in [1.82, 2.24) is 9.80 Å². The molecule has 0 aromatic carbocycles. The molecule has 0 spiro atoms. The Morgan fingerprint density at radius 2 is 2.20 bits per heavy atom. The summed E-state index contributed by atoms with van der Waals surface area (Å²) in [5, 5.41) is 0. The van der Waals surface area contributed by atoms with Gasteiger partial charge in [0.05, 0.1) is 0 Å². The Bertz CT molecular complexity index is 204. The van der Waals surface area contributed by atoms with Gasteiger partial charge in [-0.2, -0.15) is 0 Å². The molecule has 1 rings (SSSR count). The maximum absolute atomic E-state index is 11.2. The third kappa shape index (κ3) is 3.82. The molecule has 1 amide bonds. The van der Waals surface area contributed by atoms with Gasteiger partial charge < -0.3 is 4.90 Å². The molecule has 1 heterocycles. The molecule has 15 heavy (non-hydrogen) atoms. The fourth-order valence-electron chi connectivity index (χ4n) is 2.29. The zero-order valence-electron chi connectivity index (χ0n) is 10.3. The Morgan fingerprint density at radius 3 is 2.80 bits per heavy atom. The van der Waals surface area contributed by atoms with Crippen molar-refractivity contribution < 1.29 is 4.79 Å². The van der Waals surface area contributed by atoms with Gasteiger partial charge in [0.2, 0.25) is 5.91 Å². The summed E-state index contributed by atoms with van der Waals surface area (Å²) in [6.07, 6.45) is 5.09. The van der Waals surface area contributed by atoms with Crippen molar-refractivity contribution in [2.24, 2.45) is 0 Å². The van der Waals surface area contributed by atoms with Crippen molar-refractivity contribution in [2.75, 3.05) is 26.7 Å². The largest absolute Gasteiger partial charge is 0.344 e. The first-order valence-electron chi connectivity index (χ1n) is 6.11. The predicted octanol–water partition coefficient (Wildman–Crippen LogP) is 1.73. The van der Waals surface area contributed by atoms with Crippen molar-refractivity contribution in [1.29, 1.82) is 0 Å². The normalized spacial score (nSPS) is 22.7. The predicted molar refractivity (Wildman–Crippen MR) is 62.8 cm³/mol. The lowest BCUT2D eigenvalue weighted by Gasteiger charge is -2.37. The van der Waals surface area contributed by atoms with Crippen LogP contribution in [0.1, 0.15) is 39.5 Å². The van der Waals surface area contributed by atoms with Gasteiger partial charge >= 0.3 is 0 Å². The lowest BCUT2D eigenvalue weighted by Crippen LogP contribution is -2.47. The Labute approximate surface area is 93.4 Å². The van der Waals surface area contributed by atoms with Gasteiger partial charge in [-0.1, -0.05) is 13.3 Å². The van der Waals surface area contributed by atoms with Crippen LogP contribution < -0.4 is 0 Å². The Hall–Kier alpha value is -0.570. The number of likely N-dealkylation sites (N-methyl/N-ethyl adjacent to an activating group) is 1. The summed E-state index contributed by atoms with van der Waals surface area (Å²) in [4.78, 5) is 15.6. The minimum atomic E-state index is 0.178. The summed E-state index contributed by atoms with van der Waals surface area (Å²) < 4.78 is 0. The van der Waals surface area contributed by atoms with Crippen molar-refractivity contribution in [3.05, 3.63) is 0 Å². The zero-order valence-corrected chi connectivity index (χ0v) is 10.3. The lowest BCUT2D eigenvalue weighted by molar-refractivity contribution is -0.128. The minimum Gasteiger partial charge on any atom is -0.344 e. The number of piperidine rings is 1. The van der Waals surface area contributed by atoms with Gasteiger partial charge in [-0.05, 0) is 32.4 Å². The molecule has 0 N–H and O–H groups in total. The molecule has 1 fully saturated rings. The van der Waals surface area contributed by atoms with Crippen molar-refractivity contribution >= 4 is 5.91 Å². The Kier molecular flexibility index (Phi) is 5.09. The molecule has 3 heteroatoms. The number of amides is 1. The topological polar surface area (TPSA) is 23.6 Å². The van der Waals surface area contributed by atoms with Crippen LogP contribution in [0.2, 0.25) is 0 Å². The maximum atomic E-state index is 11.2. The molecule has 0 bridgehead atoms. The van der Waals surface area contributed by atoms with Crippen LogP contribution in [-0.2, 0) is 4.79 Å². The molecule has 0 saturated carbocycles. The van der Waals surface area contributed by atoms with Crippen LogP contribution in [0.3, 0.4) is 0 Å². The molecule has 3 nitrogen and oxygen atoms in total. The molecule has 1 atom stereocenters. The highest BCUT2D eigenvalue weighted by molar-refractivity contribution is 5.72. The van der Waals surface area contributed by atoms with Crippen LogP contribution in [0.25, 0.3) is 0 Å². The highest BCUT2D eigenvalue weighted by atomic mass is 16.2. The second kappa shape index (κ2) is 6.11. The number of carbonyl (C=O) groups excluding carboxylic acids is 1. The van der Waals surface area contributed by atoms with E-state index < -0.39 is 0 Å². The fourth-order valence-corrected chi connectivity index (χ4v) is 2.29. The van der Waals surface area contributed by atoms with Gasteiger partial charge in [-0.15, -0.1) is 0 Å². The molecule has 0 aromatic rings. The zero-order chi connectivity index (χ0) is 11.3. The van der Waals surface area contributed by atoms with Crippen molar-refractivity contribution in [2.45, 2.75) is 45.6 Å². The summed E-state index contributed by atoms with van der Waals surface area (Å²) >= 11 is 0. The van der Waals surface area contributed by atoms with Gasteiger partial charge in [0.15, 0.2) is 0 Å². The van der Waals surface area contributed by atoms with Crippen molar-refractivity contribution in [3.63, 3.8) is 0 Å². The molecule has 0 aliphatic carbocycles. The van der Waals surface area contributed by atoms with Crippen molar-refractivity contribution in [3.8, 4) is 0 Å². The Balaban J connectivity index is 2.45. The molecule has 1 saturated heterocycles. The van der Waals surface area contributed by atoms with Crippen LogP contribution in [0.5, 0.6) is 0 Å². The van der Waals surface area contributed by atoms with E-state index in [1.165, 1.54) is 38.8 Å². The van der Waals surface area contributed by atoms with E-state index in [9.17, 15) is 4.79 Å². The van der Waals surface area contributed by atoms with Gasteiger partial charge in [-0.25, -0.2) is 0 Å². The lowest BCUT2D eigenvalue weighted by atomic mass is 10.0. The molecular formula is C12H24N2O. The third-order valence-corrected chi connectivity index (χ3v) is 3.28. The molecule has 1 aliphatic heterocycles. The van der Waals surface area contributed by atoms with Crippen LogP contribution >= 0.6 is 0 Å². The van der Waals surface area contributed by atoms with Crippen LogP contribution in [0, 0.1) is 0 Å². The van der Waals surface area contributed by atoms with Crippen LogP contribution in [-0.4, -0.2) is 48.4 Å². The van der Waals surface area contributed by atoms with Crippen LogP contribution in [0.15, 0.2) is 0 Å². The summed E-state index contributed by atoms with van der Waals surface area (Å²) in [5.41, 5.74) is 0. The summed E-state index contributed by atoms with van der Waals surface area (Å²) in [5.74, 6) is 0.178. The molecule has 1 aliphatic rings. The first-order valence-corrected chi connectivity index (χ1v) is 6.11. The molecule has 1 unspecified atom stereocenters. The fraction of sp³-hybridized carbons (Fsp3) is 0.917. The SMILES string of the molecule is CCCN1CCCCC1CN(C)C(C)=O. The second-order valence-electron chi connectivity index (χ2n) is 4.59. The number of hydrogen-bond acceptors (Lipinski definition) is 2. The van der Waals surface area contributed by atoms with E-state index in [0.717, 1.165) is 6.54 Å². The highest BCUT2D eigenvalue weighted by Gasteiger charge is 2.23. The number of carbonyl (C=O) groups is 1. The van der Waals surface area contributed by atoms with E-state index in [2.05, 4.69) is 11.8 Å². The monoisotopic (exact) mass is 212 g/mol. The number of rotatable bonds is 4. The van der Waals surface area contributed by atoms with E-state index in [4.69, 9.17) is 0 Å². The first kappa shape index (κ1) is 12.5. The van der Waals surface area contributed by atoms with E-state index in [-0.39, 0.29) is 5.91 Å². The molecule has 0 radical (unpaired) electrons. The number of nitrogens with zero attached hydrogens (tertiary/aromatic N) is 2. The van der Waals surface area contributed by atoms with E-state index in [1.807, 2.05) is 11.9 Å². The number of hydrogen-bond donors (Lipinski definition) is 0. The standard InChI is InChI=1S/C12H24N2O/c1-4-8-14-9-6-5-7-12(14)10-13(3)11(2)15/h12H,4-10H2,1-3H3. The third-order valence-electron chi connectivity index (χ3n) is 3.28. The van der Waals surface area contributed by atoms with E-state index >= 15 is 0 Å². The summed E-state index contributed by atoms with van der Waals surface area (Å²) in [6, 6.07) is 0.590. The van der Waals surface area contributed by atoms with Gasteiger partial charge in [0.1, 0.15) is 0 Å².